The first-order valence-corrected chi connectivity index (χ1v) is 27.7. The van der Waals surface area contributed by atoms with Crippen molar-refractivity contribution in [2.75, 3.05) is 28.4 Å². The van der Waals surface area contributed by atoms with Gasteiger partial charge in [-0.2, -0.15) is 0 Å². The first-order valence-electron chi connectivity index (χ1n) is 26.0. The largest absolute Gasteiger partial charge is 0.497 e. The summed E-state index contributed by atoms with van der Waals surface area (Å²) in [5, 5.41) is 6.75. The van der Waals surface area contributed by atoms with E-state index in [1.54, 1.807) is 28.4 Å². The number of thiophene rings is 2. The van der Waals surface area contributed by atoms with Crippen LogP contribution in [-0.2, 0) is 21.7 Å². The average Bonchev–Trinajstić information content (AvgIpc) is 4.31. The van der Waals surface area contributed by atoms with Gasteiger partial charge in [-0.05, 0) is 141 Å². The first-order chi connectivity index (χ1) is 37.0. The summed E-state index contributed by atoms with van der Waals surface area (Å²) < 4.78 is 28.6. The Morgan fingerprint density at radius 1 is 0.303 bits per heavy atom. The molecule has 3 aliphatic carbocycles. The fourth-order valence-electron chi connectivity index (χ4n) is 14.4. The number of fused-ring (bicyclic) bond motifs is 20. The monoisotopic (exact) mass is 1030 g/mol. The Hall–Kier alpha value is -8.04. The van der Waals surface area contributed by atoms with Gasteiger partial charge < -0.3 is 28.1 Å². The highest BCUT2D eigenvalue weighted by atomic mass is 32.1. The Morgan fingerprint density at radius 2 is 0.553 bits per heavy atom. The van der Waals surface area contributed by atoms with Crippen molar-refractivity contribution in [1.29, 1.82) is 0 Å². The molecule has 4 heterocycles. The maximum atomic E-state index is 5.91. The van der Waals surface area contributed by atoms with Gasteiger partial charge in [0.05, 0.1) is 61.3 Å². The van der Waals surface area contributed by atoms with E-state index >= 15 is 0 Å². The quantitative estimate of drug-likeness (QED) is 0.166. The summed E-state index contributed by atoms with van der Waals surface area (Å²) in [6.07, 6.45) is 0. The second-order valence-electron chi connectivity index (χ2n) is 21.8. The molecule has 15 rings (SSSR count). The lowest BCUT2D eigenvalue weighted by Crippen LogP contribution is -2.50. The van der Waals surface area contributed by atoms with E-state index in [-0.39, 0.29) is 10.8 Å². The van der Waals surface area contributed by atoms with E-state index in [0.29, 0.717) is 0 Å². The molecule has 2 spiro atoms. The summed E-state index contributed by atoms with van der Waals surface area (Å²) >= 11 is 3.89. The van der Waals surface area contributed by atoms with Crippen molar-refractivity contribution in [2.24, 2.45) is 0 Å². The minimum atomic E-state index is -0.746. The number of hydrogen-bond donors (Lipinski definition) is 0. The molecule has 3 aliphatic rings. The number of benzene rings is 8. The molecule has 4 aromatic heterocycles. The molecule has 6 nitrogen and oxygen atoms in total. The SMILES string of the molecule is COc1ccc2c(c1)c1cc(OC)ccc1n2-c1cc2c(s1)C1(c3ccccc3C(C)(C)c3ccccc31)c1cc(-n3c4ccc(OC)cc4c4cc(OC)ccc43)sc1C21c2ccccc2C(C)(C)c2ccccc21. The summed E-state index contributed by atoms with van der Waals surface area (Å²) in [5.74, 6) is 3.26. The van der Waals surface area contributed by atoms with Gasteiger partial charge in [-0.25, -0.2) is 0 Å². The Morgan fingerprint density at radius 3 is 0.803 bits per heavy atom. The molecule has 0 aliphatic heterocycles. The molecule has 12 aromatic rings. The van der Waals surface area contributed by atoms with Gasteiger partial charge in [0.2, 0.25) is 0 Å². The zero-order valence-corrected chi connectivity index (χ0v) is 45.3. The van der Waals surface area contributed by atoms with Crippen LogP contribution >= 0.6 is 22.7 Å². The zero-order chi connectivity index (χ0) is 51.6. The van der Waals surface area contributed by atoms with E-state index in [9.17, 15) is 0 Å². The smallest absolute Gasteiger partial charge is 0.119 e. The summed E-state index contributed by atoms with van der Waals surface area (Å²) in [6.45, 7) is 9.66. The van der Waals surface area contributed by atoms with Crippen molar-refractivity contribution in [1.82, 2.24) is 9.13 Å². The van der Waals surface area contributed by atoms with Crippen molar-refractivity contribution >= 4 is 66.3 Å². The van der Waals surface area contributed by atoms with Crippen molar-refractivity contribution in [3.63, 3.8) is 0 Å². The van der Waals surface area contributed by atoms with E-state index in [0.717, 1.165) is 76.6 Å². The van der Waals surface area contributed by atoms with Crippen molar-refractivity contribution in [2.45, 2.75) is 49.4 Å². The summed E-state index contributed by atoms with van der Waals surface area (Å²) in [7, 11) is 6.98. The molecule has 0 radical (unpaired) electrons. The van der Waals surface area contributed by atoms with E-state index in [1.807, 2.05) is 22.7 Å². The zero-order valence-electron chi connectivity index (χ0n) is 43.7. The predicted molar refractivity (Wildman–Crippen MR) is 312 cm³/mol. The number of rotatable bonds is 6. The van der Waals surface area contributed by atoms with Gasteiger partial charge in [0.15, 0.2) is 0 Å². The predicted octanol–water partition coefficient (Wildman–Crippen LogP) is 16.4. The van der Waals surface area contributed by atoms with Crippen LogP contribution in [0.3, 0.4) is 0 Å². The molecular weight excluding hydrogens is 973 g/mol. The maximum absolute atomic E-state index is 5.91. The molecule has 0 fully saturated rings. The molecule has 0 unspecified atom stereocenters. The number of ether oxygens (including phenoxy) is 4. The fraction of sp³-hybridized carbons (Fsp3) is 0.176. The van der Waals surface area contributed by atoms with E-state index in [1.165, 1.54) is 65.4 Å². The fourth-order valence-corrected chi connectivity index (χ4v) is 17.3. The third kappa shape index (κ3) is 5.55. The van der Waals surface area contributed by atoms with Crippen LogP contribution in [0.5, 0.6) is 23.0 Å². The van der Waals surface area contributed by atoms with Crippen LogP contribution < -0.4 is 18.9 Å². The van der Waals surface area contributed by atoms with Gasteiger partial charge >= 0.3 is 0 Å². The van der Waals surface area contributed by atoms with Crippen molar-refractivity contribution in [3.8, 4) is 33.0 Å². The van der Waals surface area contributed by atoms with Gasteiger partial charge in [0, 0.05) is 42.1 Å². The second-order valence-corrected chi connectivity index (χ2v) is 23.9. The summed E-state index contributed by atoms with van der Waals surface area (Å²) in [5.41, 5.74) is 15.6. The number of nitrogens with zero attached hydrogens (tertiary/aromatic N) is 2. The third-order valence-electron chi connectivity index (χ3n) is 17.7. The van der Waals surface area contributed by atoms with Crippen LogP contribution in [0.2, 0.25) is 0 Å². The molecule has 8 heteroatoms. The molecule has 8 aromatic carbocycles. The molecule has 372 valence electrons. The molecule has 0 saturated carbocycles. The third-order valence-corrected chi connectivity index (χ3v) is 20.2. The van der Waals surface area contributed by atoms with Gasteiger partial charge in [-0.15, -0.1) is 22.7 Å². The van der Waals surface area contributed by atoms with Crippen LogP contribution in [0, 0.1) is 0 Å². The van der Waals surface area contributed by atoms with Crippen LogP contribution in [0.4, 0.5) is 0 Å². The van der Waals surface area contributed by atoms with Crippen LogP contribution in [0.25, 0.3) is 53.6 Å². The minimum absolute atomic E-state index is 0.295. The average molecular weight is 1030 g/mol. The van der Waals surface area contributed by atoms with E-state index in [4.69, 9.17) is 18.9 Å². The Bertz CT molecular complexity index is 3890. The first kappa shape index (κ1) is 45.4. The second kappa shape index (κ2) is 15.8. The minimum Gasteiger partial charge on any atom is -0.497 e. The number of aromatic nitrogens is 2. The topological polar surface area (TPSA) is 46.8 Å². The van der Waals surface area contributed by atoms with Gasteiger partial charge in [-0.1, -0.05) is 125 Å². The van der Waals surface area contributed by atoms with Crippen LogP contribution in [0.1, 0.15) is 93.1 Å². The van der Waals surface area contributed by atoms with E-state index in [2.05, 4.69) is 219 Å². The van der Waals surface area contributed by atoms with Gasteiger partial charge in [-0.3, -0.25) is 0 Å². The lowest BCUT2D eigenvalue weighted by Gasteiger charge is -2.55. The Kier molecular flexibility index (Phi) is 9.41. The van der Waals surface area contributed by atoms with E-state index < -0.39 is 10.8 Å². The molecular formula is C68H54N2O4S2. The van der Waals surface area contributed by atoms with Gasteiger partial charge in [0.1, 0.15) is 33.0 Å². The van der Waals surface area contributed by atoms with Crippen LogP contribution in [0.15, 0.2) is 182 Å². The maximum Gasteiger partial charge on any atom is 0.119 e. The highest BCUT2D eigenvalue weighted by Gasteiger charge is 2.62. The normalized spacial score (nSPS) is 15.8. The summed E-state index contributed by atoms with van der Waals surface area (Å²) in [4.78, 5) is 2.65. The lowest BCUT2D eigenvalue weighted by molar-refractivity contribution is 0.415. The van der Waals surface area contributed by atoms with Gasteiger partial charge in [0.25, 0.3) is 0 Å². The van der Waals surface area contributed by atoms with Crippen molar-refractivity contribution in [3.05, 3.63) is 247 Å². The molecule has 0 saturated heterocycles. The van der Waals surface area contributed by atoms with Crippen LogP contribution in [-0.4, -0.2) is 37.6 Å². The summed E-state index contributed by atoms with van der Waals surface area (Å²) in [6, 6.07) is 68.6. The highest BCUT2D eigenvalue weighted by Crippen LogP contribution is 2.70. The Labute approximate surface area is 449 Å². The van der Waals surface area contributed by atoms with Crippen molar-refractivity contribution < 1.29 is 18.9 Å². The number of hydrogen-bond acceptors (Lipinski definition) is 6. The Balaban J connectivity index is 1.17. The molecule has 0 N–H and O–H groups in total. The molecule has 0 amide bonds. The number of methoxy groups -OCH3 is 4. The standard InChI is InChI=1S/C68H54N2O4S2/c1-65(2)47-17-9-13-21-51(47)67(52-22-14-10-18-48(52)65)55-37-61(69-57-29-25-39(71-5)33-43(57)44-34-40(72-6)26-30-58(44)69)76-64(55)68(53-23-15-11-19-49(53)66(3,4)50-20-12-16-24-54(50)68)56-38-62(75-63(56)67)70-59-31-27-41(73-7)35-45(59)46-36-42(74-8)28-32-60(46)70/h9-38H,1-8H3. The highest BCUT2D eigenvalue weighted by molar-refractivity contribution is 7.16. The lowest BCUT2D eigenvalue weighted by atomic mass is 9.48. The molecule has 0 atom stereocenters. The molecule has 0 bridgehead atoms. The molecule has 76 heavy (non-hydrogen) atoms.